The van der Waals surface area contributed by atoms with Crippen LogP contribution < -0.4 is 10.1 Å². The molecule has 1 aliphatic rings. The van der Waals surface area contributed by atoms with E-state index in [0.29, 0.717) is 12.8 Å². The largest absolute Gasteiger partial charge is 0.476 e. The van der Waals surface area contributed by atoms with E-state index in [1.807, 2.05) is 0 Å². The van der Waals surface area contributed by atoms with Crippen LogP contribution in [0.5, 0.6) is 5.75 Å². The van der Waals surface area contributed by atoms with Gasteiger partial charge in [0.15, 0.2) is 5.69 Å². The van der Waals surface area contributed by atoms with Crippen molar-refractivity contribution in [3.05, 3.63) is 23.0 Å². The van der Waals surface area contributed by atoms with E-state index < -0.39 is 42.7 Å². The number of hydrogen-bond acceptors (Lipinski definition) is 5. The number of aromatic nitrogens is 3. The molecule has 0 amide bonds. The Bertz CT molecular complexity index is 962. The van der Waals surface area contributed by atoms with E-state index in [1.54, 1.807) is 6.92 Å². The molecule has 0 aromatic carbocycles. The van der Waals surface area contributed by atoms with E-state index in [1.165, 1.54) is 4.68 Å². The van der Waals surface area contributed by atoms with Gasteiger partial charge in [-0.05, 0) is 25.7 Å². The number of pyridine rings is 1. The lowest BCUT2D eigenvalue weighted by molar-refractivity contribution is -0.138. The normalized spacial score (nSPS) is 15.2. The average Bonchev–Trinajstić information content (AvgIpc) is 3.43. The molecule has 0 radical (unpaired) electrons. The Morgan fingerprint density at radius 1 is 1.42 bits per heavy atom. The molecule has 2 aromatic rings. The maximum Gasteiger partial charge on any atom is 0.391 e. The van der Waals surface area contributed by atoms with Gasteiger partial charge < -0.3 is 15.2 Å². The van der Waals surface area contributed by atoms with Gasteiger partial charge in [0.2, 0.25) is 0 Å². The molecule has 3 rings (SSSR count). The number of hydrogen-bond donors (Lipinski definition) is 2. The molecular weight excluding hydrogens is 451 g/mol. The van der Waals surface area contributed by atoms with Gasteiger partial charge in [0, 0.05) is 24.8 Å². The van der Waals surface area contributed by atoms with Crippen LogP contribution in [0.4, 0.5) is 27.8 Å². The third kappa shape index (κ3) is 5.54. The molecule has 0 spiro atoms. The predicted molar refractivity (Wildman–Crippen MR) is 101 cm³/mol. The standard InChI is InChI=1S/C18H18ClF5N4O3/c1-2-28-15(13(19)14(27-28)16(29)30)9-7-25-12(5-11(9)31-17(20)21)26-10(8-3-4-8)6-18(22,23)24/h5,7-8,10,17H,2-4,6H2,1H3,(H,25,26)(H,29,30). The Morgan fingerprint density at radius 3 is 2.61 bits per heavy atom. The summed E-state index contributed by atoms with van der Waals surface area (Å²) in [5.41, 5.74) is -0.565. The number of rotatable bonds is 9. The van der Waals surface area contributed by atoms with Crippen molar-refractivity contribution in [2.45, 2.75) is 51.6 Å². The van der Waals surface area contributed by atoms with Gasteiger partial charge >= 0.3 is 18.8 Å². The van der Waals surface area contributed by atoms with Gasteiger partial charge in [0.25, 0.3) is 0 Å². The number of carboxylic acid groups (broad SMARTS) is 1. The molecule has 0 saturated heterocycles. The zero-order valence-electron chi connectivity index (χ0n) is 16.1. The first-order valence-corrected chi connectivity index (χ1v) is 9.66. The number of aromatic carboxylic acids is 1. The number of anilines is 1. The number of nitrogens with zero attached hydrogens (tertiary/aromatic N) is 3. The third-order valence-electron chi connectivity index (χ3n) is 4.71. The molecule has 2 N–H and O–H groups in total. The number of alkyl halides is 5. The molecule has 1 atom stereocenters. The maximum atomic E-state index is 13.0. The van der Waals surface area contributed by atoms with Gasteiger partial charge in [-0.1, -0.05) is 11.6 Å². The summed E-state index contributed by atoms with van der Waals surface area (Å²) >= 11 is 6.12. The van der Waals surface area contributed by atoms with E-state index in [9.17, 15) is 31.9 Å². The van der Waals surface area contributed by atoms with Crippen LogP contribution in [0.25, 0.3) is 11.3 Å². The monoisotopic (exact) mass is 468 g/mol. The quantitative estimate of drug-likeness (QED) is 0.500. The fourth-order valence-corrected chi connectivity index (χ4v) is 3.54. The highest BCUT2D eigenvalue weighted by Gasteiger charge is 2.40. The van der Waals surface area contributed by atoms with Gasteiger partial charge in [-0.2, -0.15) is 27.1 Å². The summed E-state index contributed by atoms with van der Waals surface area (Å²) in [5, 5.41) is 15.4. The number of carbonyl (C=O) groups is 1. The molecule has 13 heteroatoms. The molecule has 2 heterocycles. The van der Waals surface area contributed by atoms with Crippen LogP contribution >= 0.6 is 11.6 Å². The highest BCUT2D eigenvalue weighted by atomic mass is 35.5. The van der Waals surface area contributed by atoms with Crippen molar-refractivity contribution >= 4 is 23.4 Å². The zero-order chi connectivity index (χ0) is 22.9. The number of aryl methyl sites for hydroxylation is 1. The van der Waals surface area contributed by atoms with Crippen LogP contribution in [0.1, 0.15) is 36.7 Å². The second kappa shape index (κ2) is 8.85. The Labute approximate surface area is 178 Å². The lowest BCUT2D eigenvalue weighted by atomic mass is 10.1. The van der Waals surface area contributed by atoms with Gasteiger partial charge in [0.05, 0.1) is 17.7 Å². The van der Waals surface area contributed by atoms with E-state index in [0.717, 1.165) is 12.3 Å². The molecular formula is C18H18ClF5N4O3. The predicted octanol–water partition coefficient (Wildman–Crippen LogP) is 5.06. The van der Waals surface area contributed by atoms with Gasteiger partial charge in [-0.25, -0.2) is 9.78 Å². The minimum atomic E-state index is -4.41. The first-order chi connectivity index (χ1) is 14.5. The molecule has 2 aromatic heterocycles. The first kappa shape index (κ1) is 23.0. The van der Waals surface area contributed by atoms with Crippen LogP contribution in [-0.4, -0.2) is 44.7 Å². The van der Waals surface area contributed by atoms with Crippen molar-refractivity contribution in [3.63, 3.8) is 0 Å². The Kier molecular flexibility index (Phi) is 6.58. The molecule has 1 unspecified atom stereocenters. The minimum absolute atomic E-state index is 0.00898. The average molecular weight is 469 g/mol. The topological polar surface area (TPSA) is 89.3 Å². The maximum absolute atomic E-state index is 13.0. The van der Waals surface area contributed by atoms with Crippen LogP contribution in [0.2, 0.25) is 5.02 Å². The number of halogens is 6. The fourth-order valence-electron chi connectivity index (χ4n) is 3.22. The Morgan fingerprint density at radius 2 is 2.10 bits per heavy atom. The summed E-state index contributed by atoms with van der Waals surface area (Å²) in [6.45, 7) is -1.46. The van der Waals surface area contributed by atoms with E-state index in [2.05, 4.69) is 20.1 Å². The van der Waals surface area contributed by atoms with Crippen molar-refractivity contribution in [1.29, 1.82) is 0 Å². The molecule has 1 aliphatic carbocycles. The van der Waals surface area contributed by atoms with Crippen LogP contribution in [-0.2, 0) is 6.54 Å². The molecule has 170 valence electrons. The third-order valence-corrected chi connectivity index (χ3v) is 5.07. The Balaban J connectivity index is 2.01. The molecule has 1 saturated carbocycles. The van der Waals surface area contributed by atoms with Crippen LogP contribution in [0.3, 0.4) is 0 Å². The first-order valence-electron chi connectivity index (χ1n) is 9.28. The zero-order valence-corrected chi connectivity index (χ0v) is 16.8. The van der Waals surface area contributed by atoms with E-state index >= 15 is 0 Å². The number of nitrogens with one attached hydrogen (secondary N) is 1. The summed E-state index contributed by atoms with van der Waals surface area (Å²) in [5.74, 6) is -2.13. The number of ether oxygens (including phenoxy) is 1. The summed E-state index contributed by atoms with van der Waals surface area (Å²) in [6, 6.07) is 0.0814. The highest BCUT2D eigenvalue weighted by Crippen LogP contribution is 2.41. The van der Waals surface area contributed by atoms with Crippen LogP contribution in [0, 0.1) is 5.92 Å². The van der Waals surface area contributed by atoms with Gasteiger partial charge in [-0.3, -0.25) is 4.68 Å². The Hall–Kier alpha value is -2.63. The van der Waals surface area contributed by atoms with Crippen molar-refractivity contribution in [2.75, 3.05) is 5.32 Å². The molecule has 31 heavy (non-hydrogen) atoms. The van der Waals surface area contributed by atoms with Crippen molar-refractivity contribution in [3.8, 4) is 17.0 Å². The number of carboxylic acids is 1. The van der Waals surface area contributed by atoms with E-state index in [4.69, 9.17) is 11.6 Å². The molecule has 0 bridgehead atoms. The summed E-state index contributed by atoms with van der Waals surface area (Å²) < 4.78 is 70.4. The van der Waals surface area contributed by atoms with Crippen molar-refractivity contribution in [2.24, 2.45) is 5.92 Å². The SMILES string of the molecule is CCn1nc(C(=O)O)c(Cl)c1-c1cnc(NC(CC(F)(F)F)C2CC2)cc1OC(F)F. The summed E-state index contributed by atoms with van der Waals surface area (Å²) in [4.78, 5) is 15.4. The lowest BCUT2D eigenvalue weighted by Crippen LogP contribution is -2.29. The summed E-state index contributed by atoms with van der Waals surface area (Å²) in [7, 11) is 0. The lowest BCUT2D eigenvalue weighted by Gasteiger charge is -2.21. The van der Waals surface area contributed by atoms with E-state index in [-0.39, 0.29) is 34.6 Å². The minimum Gasteiger partial charge on any atom is -0.476 e. The molecule has 7 nitrogen and oxygen atoms in total. The molecule has 0 aliphatic heterocycles. The fraction of sp³-hybridized carbons (Fsp3) is 0.500. The summed E-state index contributed by atoms with van der Waals surface area (Å²) in [6.07, 6.45) is -3.18. The van der Waals surface area contributed by atoms with Crippen LogP contribution in [0.15, 0.2) is 12.3 Å². The molecule has 1 fully saturated rings. The van der Waals surface area contributed by atoms with Crippen molar-refractivity contribution < 1.29 is 36.6 Å². The van der Waals surface area contributed by atoms with Crippen molar-refractivity contribution in [1.82, 2.24) is 14.8 Å². The van der Waals surface area contributed by atoms with Gasteiger partial charge in [0.1, 0.15) is 16.6 Å². The highest BCUT2D eigenvalue weighted by molar-refractivity contribution is 6.35. The second-order valence-electron chi connectivity index (χ2n) is 6.98. The smallest absolute Gasteiger partial charge is 0.391 e. The second-order valence-corrected chi connectivity index (χ2v) is 7.36. The van der Waals surface area contributed by atoms with Gasteiger partial charge in [-0.15, -0.1) is 0 Å².